The van der Waals surface area contributed by atoms with Gasteiger partial charge in [-0.3, -0.25) is 9.59 Å². The maximum atomic E-state index is 12.9. The molecule has 0 radical (unpaired) electrons. The van der Waals surface area contributed by atoms with Crippen LogP contribution in [0.25, 0.3) is 5.69 Å². The number of aromatic nitrogens is 2. The molecule has 2 aromatic carbocycles. The van der Waals surface area contributed by atoms with Crippen LogP contribution in [0.2, 0.25) is 5.02 Å². The van der Waals surface area contributed by atoms with E-state index in [-0.39, 0.29) is 23.8 Å². The fraction of sp³-hybridized carbons (Fsp3) is 0.320. The number of nitrogens with zero attached hydrogens (tertiary/aromatic N) is 3. The topological polar surface area (TPSA) is 67.2 Å². The first-order chi connectivity index (χ1) is 15.1. The number of aryl methyl sites for hydroxylation is 1. The predicted octanol–water partition coefficient (Wildman–Crippen LogP) is 5.23. The molecule has 2 amide bonds. The summed E-state index contributed by atoms with van der Waals surface area (Å²) in [5, 5.41) is 8.23. The van der Waals surface area contributed by atoms with E-state index >= 15 is 0 Å². The Morgan fingerprint density at radius 2 is 1.69 bits per heavy atom. The maximum absolute atomic E-state index is 12.9. The molecule has 1 aromatic heterocycles. The lowest BCUT2D eigenvalue weighted by Crippen LogP contribution is -2.38. The predicted molar refractivity (Wildman–Crippen MR) is 129 cm³/mol. The first-order valence-electron chi connectivity index (χ1n) is 10.6. The van der Waals surface area contributed by atoms with Crippen LogP contribution in [0.3, 0.4) is 0 Å². The summed E-state index contributed by atoms with van der Waals surface area (Å²) in [5.74, 6) is 0.0587. The number of anilines is 1. The van der Waals surface area contributed by atoms with Crippen molar-refractivity contribution in [2.24, 2.45) is 0 Å². The van der Waals surface area contributed by atoms with Gasteiger partial charge in [-0.2, -0.15) is 5.10 Å². The number of benzene rings is 2. The summed E-state index contributed by atoms with van der Waals surface area (Å²) in [4.78, 5) is 27.2. The number of halogens is 1. The Hall–Kier alpha value is -3.12. The minimum atomic E-state index is -0.289. The van der Waals surface area contributed by atoms with E-state index in [1.165, 1.54) is 4.90 Å². The Kier molecular flexibility index (Phi) is 7.04. The second-order valence-corrected chi connectivity index (χ2v) is 9.22. The largest absolute Gasteiger partial charge is 0.330 e. The van der Waals surface area contributed by atoms with Gasteiger partial charge in [-0.25, -0.2) is 4.68 Å². The van der Waals surface area contributed by atoms with Gasteiger partial charge in [0.1, 0.15) is 12.4 Å². The minimum Gasteiger partial charge on any atom is -0.330 e. The molecule has 1 heterocycles. The van der Waals surface area contributed by atoms with Crippen LogP contribution in [0.15, 0.2) is 54.6 Å². The molecule has 0 saturated heterocycles. The third-order valence-electron chi connectivity index (χ3n) is 5.12. The summed E-state index contributed by atoms with van der Waals surface area (Å²) in [7, 11) is 0. The SMILES string of the molecule is CCN(CC(=O)Nc1cc(C(C)(C)C)nn1-c1ccc(C)cc1)C(=O)c1ccc(Cl)cc1. The molecule has 0 aliphatic rings. The van der Waals surface area contributed by atoms with Crippen molar-refractivity contribution in [3.63, 3.8) is 0 Å². The molecule has 32 heavy (non-hydrogen) atoms. The van der Waals surface area contributed by atoms with Crippen LogP contribution in [-0.2, 0) is 10.2 Å². The second kappa shape index (κ2) is 9.57. The number of amides is 2. The van der Waals surface area contributed by atoms with Crippen molar-refractivity contribution in [2.75, 3.05) is 18.4 Å². The van der Waals surface area contributed by atoms with E-state index in [0.29, 0.717) is 22.9 Å². The Bertz CT molecular complexity index is 1100. The average Bonchev–Trinajstić information content (AvgIpc) is 3.17. The summed E-state index contributed by atoms with van der Waals surface area (Å²) in [5.41, 5.74) is 3.16. The van der Waals surface area contributed by atoms with Gasteiger partial charge < -0.3 is 10.2 Å². The van der Waals surface area contributed by atoms with Gasteiger partial charge in [0, 0.05) is 28.6 Å². The minimum absolute atomic E-state index is 0.0676. The molecule has 3 rings (SSSR count). The van der Waals surface area contributed by atoms with Crippen molar-refractivity contribution in [1.29, 1.82) is 0 Å². The third kappa shape index (κ3) is 5.56. The molecule has 3 aromatic rings. The van der Waals surface area contributed by atoms with Gasteiger partial charge in [0.2, 0.25) is 5.91 Å². The highest BCUT2D eigenvalue weighted by molar-refractivity contribution is 6.30. The van der Waals surface area contributed by atoms with Gasteiger partial charge in [0.25, 0.3) is 5.91 Å². The molecule has 0 aliphatic carbocycles. The van der Waals surface area contributed by atoms with E-state index in [4.69, 9.17) is 16.7 Å². The van der Waals surface area contributed by atoms with Crippen molar-refractivity contribution in [3.05, 3.63) is 76.4 Å². The van der Waals surface area contributed by atoms with Crippen molar-refractivity contribution in [2.45, 2.75) is 40.0 Å². The van der Waals surface area contributed by atoms with Crippen LogP contribution in [-0.4, -0.2) is 39.6 Å². The van der Waals surface area contributed by atoms with Crippen molar-refractivity contribution >= 4 is 29.2 Å². The number of nitrogens with one attached hydrogen (secondary N) is 1. The molecule has 0 atom stereocenters. The highest BCUT2D eigenvalue weighted by atomic mass is 35.5. The van der Waals surface area contributed by atoms with Gasteiger partial charge in [-0.15, -0.1) is 0 Å². The van der Waals surface area contributed by atoms with Crippen LogP contribution >= 0.6 is 11.6 Å². The summed E-state index contributed by atoms with van der Waals surface area (Å²) < 4.78 is 1.73. The molecule has 168 valence electrons. The Morgan fingerprint density at radius 1 is 1.06 bits per heavy atom. The number of likely N-dealkylation sites (N-methyl/N-ethyl adjacent to an activating group) is 1. The molecule has 6 nitrogen and oxygen atoms in total. The first-order valence-corrected chi connectivity index (χ1v) is 11.0. The van der Waals surface area contributed by atoms with Crippen molar-refractivity contribution in [1.82, 2.24) is 14.7 Å². The van der Waals surface area contributed by atoms with Crippen LogP contribution in [0, 0.1) is 6.92 Å². The number of hydrogen-bond donors (Lipinski definition) is 1. The first kappa shape index (κ1) is 23.5. The lowest BCUT2D eigenvalue weighted by molar-refractivity contribution is -0.116. The molecule has 0 bridgehead atoms. The van der Waals surface area contributed by atoms with E-state index in [2.05, 4.69) is 26.1 Å². The molecular weight excluding hydrogens is 424 g/mol. The Morgan fingerprint density at radius 3 is 2.25 bits per heavy atom. The van der Waals surface area contributed by atoms with Gasteiger partial charge in [0.15, 0.2) is 0 Å². The van der Waals surface area contributed by atoms with Gasteiger partial charge in [-0.05, 0) is 50.2 Å². The molecule has 0 spiro atoms. The fourth-order valence-corrected chi connectivity index (χ4v) is 3.30. The molecule has 7 heteroatoms. The molecule has 0 saturated carbocycles. The van der Waals surface area contributed by atoms with Crippen molar-refractivity contribution < 1.29 is 9.59 Å². The molecule has 0 fully saturated rings. The fourth-order valence-electron chi connectivity index (χ4n) is 3.18. The second-order valence-electron chi connectivity index (χ2n) is 8.79. The quantitative estimate of drug-likeness (QED) is 0.556. The third-order valence-corrected chi connectivity index (χ3v) is 5.37. The normalized spacial score (nSPS) is 11.3. The van der Waals surface area contributed by atoms with Gasteiger partial charge in [-0.1, -0.05) is 50.1 Å². The molecule has 0 aliphatic heterocycles. The zero-order valence-electron chi connectivity index (χ0n) is 19.1. The monoisotopic (exact) mass is 452 g/mol. The summed E-state index contributed by atoms with van der Waals surface area (Å²) in [6, 6.07) is 16.5. The van der Waals surface area contributed by atoms with Crippen LogP contribution in [0.1, 0.15) is 49.3 Å². The van der Waals surface area contributed by atoms with E-state index in [1.807, 2.05) is 44.2 Å². The smallest absolute Gasteiger partial charge is 0.254 e. The number of rotatable bonds is 6. The molecule has 1 N–H and O–H groups in total. The number of carbonyl (C=O) groups excluding carboxylic acids is 2. The van der Waals surface area contributed by atoms with Crippen LogP contribution < -0.4 is 5.32 Å². The van der Waals surface area contributed by atoms with E-state index in [1.54, 1.807) is 28.9 Å². The highest BCUT2D eigenvalue weighted by Gasteiger charge is 2.23. The van der Waals surface area contributed by atoms with Gasteiger partial charge in [0.05, 0.1) is 11.4 Å². The summed E-state index contributed by atoms with van der Waals surface area (Å²) in [6.07, 6.45) is 0. The zero-order valence-corrected chi connectivity index (χ0v) is 19.9. The summed E-state index contributed by atoms with van der Waals surface area (Å²) in [6.45, 7) is 10.4. The van der Waals surface area contributed by atoms with E-state index in [0.717, 1.165) is 16.9 Å². The lowest BCUT2D eigenvalue weighted by Gasteiger charge is -2.20. The lowest BCUT2D eigenvalue weighted by atomic mass is 9.92. The number of hydrogen-bond acceptors (Lipinski definition) is 3. The van der Waals surface area contributed by atoms with E-state index < -0.39 is 0 Å². The maximum Gasteiger partial charge on any atom is 0.254 e. The van der Waals surface area contributed by atoms with Crippen molar-refractivity contribution in [3.8, 4) is 5.69 Å². The molecule has 0 unspecified atom stereocenters. The highest BCUT2D eigenvalue weighted by Crippen LogP contribution is 2.26. The van der Waals surface area contributed by atoms with Crippen LogP contribution in [0.4, 0.5) is 5.82 Å². The number of carbonyl (C=O) groups is 2. The molecular formula is C25H29ClN4O2. The average molecular weight is 453 g/mol. The Balaban J connectivity index is 1.82. The summed E-state index contributed by atoms with van der Waals surface area (Å²) >= 11 is 5.92. The van der Waals surface area contributed by atoms with Gasteiger partial charge >= 0.3 is 0 Å². The van der Waals surface area contributed by atoms with E-state index in [9.17, 15) is 9.59 Å². The zero-order chi connectivity index (χ0) is 23.5. The Labute approximate surface area is 194 Å². The van der Waals surface area contributed by atoms with Crippen LogP contribution in [0.5, 0.6) is 0 Å². The standard InChI is InChI=1S/C25H29ClN4O2/c1-6-29(24(32)18-9-11-19(26)12-10-18)16-23(31)27-22-15-21(25(3,4)5)28-30(22)20-13-7-17(2)8-14-20/h7-15H,6,16H2,1-5H3,(H,27,31).